The lowest BCUT2D eigenvalue weighted by Gasteiger charge is -2.05. The second-order valence-corrected chi connectivity index (χ2v) is 4.38. The maximum atomic E-state index is 13.3. The summed E-state index contributed by atoms with van der Waals surface area (Å²) >= 11 is 1.60. The topological polar surface area (TPSA) is 52.4 Å². The van der Waals surface area contributed by atoms with E-state index in [1.165, 1.54) is 6.07 Å². The van der Waals surface area contributed by atoms with Crippen LogP contribution in [-0.4, -0.2) is 11.5 Å². The number of rotatable bonds is 5. The molecule has 0 bridgehead atoms. The van der Waals surface area contributed by atoms with Gasteiger partial charge in [0.25, 0.3) is 0 Å². The van der Waals surface area contributed by atoms with Crippen molar-refractivity contribution < 1.29 is 14.1 Å². The Morgan fingerprint density at radius 3 is 2.83 bits per heavy atom. The number of nitro groups is 1. The highest BCUT2D eigenvalue weighted by molar-refractivity contribution is 7.07. The molecule has 0 unspecified atom stereocenters. The Balaban J connectivity index is 1.94. The molecule has 18 heavy (non-hydrogen) atoms. The molecule has 2 aromatic rings. The predicted octanol–water partition coefficient (Wildman–Crippen LogP) is 3.42. The second kappa shape index (κ2) is 5.59. The standard InChI is InChI=1S/C12H10FNO3S/c13-11-7-10(1-2-12(11)14(15)16)17-5-3-9-4-6-18-8-9/h1-2,4,6-8H,3,5H2. The van der Waals surface area contributed by atoms with Crippen LogP contribution in [0.1, 0.15) is 5.56 Å². The van der Waals surface area contributed by atoms with Gasteiger partial charge in [0, 0.05) is 18.6 Å². The largest absolute Gasteiger partial charge is 0.493 e. The van der Waals surface area contributed by atoms with Crippen molar-refractivity contribution in [2.24, 2.45) is 0 Å². The summed E-state index contributed by atoms with van der Waals surface area (Å²) in [5.41, 5.74) is 0.613. The zero-order valence-electron chi connectivity index (χ0n) is 9.34. The van der Waals surface area contributed by atoms with Gasteiger partial charge >= 0.3 is 5.69 Å². The molecule has 0 radical (unpaired) electrons. The lowest BCUT2D eigenvalue weighted by Crippen LogP contribution is -2.01. The van der Waals surface area contributed by atoms with E-state index in [4.69, 9.17) is 4.74 Å². The van der Waals surface area contributed by atoms with Gasteiger partial charge in [0.05, 0.1) is 11.5 Å². The number of nitro benzene ring substituents is 1. The molecule has 0 aliphatic heterocycles. The van der Waals surface area contributed by atoms with Gasteiger partial charge in [-0.2, -0.15) is 15.7 Å². The van der Waals surface area contributed by atoms with Gasteiger partial charge in [0.15, 0.2) is 0 Å². The first-order valence-electron chi connectivity index (χ1n) is 5.24. The third-order valence-electron chi connectivity index (χ3n) is 2.36. The number of hydrogen-bond acceptors (Lipinski definition) is 4. The van der Waals surface area contributed by atoms with E-state index in [9.17, 15) is 14.5 Å². The fourth-order valence-corrected chi connectivity index (χ4v) is 2.15. The first-order valence-corrected chi connectivity index (χ1v) is 6.19. The van der Waals surface area contributed by atoms with Crippen molar-refractivity contribution in [2.75, 3.05) is 6.61 Å². The lowest BCUT2D eigenvalue weighted by molar-refractivity contribution is -0.387. The molecule has 0 aliphatic carbocycles. The van der Waals surface area contributed by atoms with Crippen LogP contribution in [0.25, 0.3) is 0 Å². The SMILES string of the molecule is O=[N+]([O-])c1ccc(OCCc2ccsc2)cc1F. The number of hydrogen-bond donors (Lipinski definition) is 0. The van der Waals surface area contributed by atoms with Crippen LogP contribution in [0.15, 0.2) is 35.0 Å². The zero-order valence-corrected chi connectivity index (χ0v) is 10.2. The highest BCUT2D eigenvalue weighted by Crippen LogP contribution is 2.22. The highest BCUT2D eigenvalue weighted by atomic mass is 32.1. The summed E-state index contributed by atoms with van der Waals surface area (Å²) in [4.78, 5) is 9.67. The first kappa shape index (κ1) is 12.5. The van der Waals surface area contributed by atoms with Crippen molar-refractivity contribution in [1.82, 2.24) is 0 Å². The minimum Gasteiger partial charge on any atom is -0.493 e. The van der Waals surface area contributed by atoms with Gasteiger partial charge in [-0.1, -0.05) is 0 Å². The van der Waals surface area contributed by atoms with Crippen LogP contribution < -0.4 is 4.74 Å². The molecule has 0 N–H and O–H groups in total. The first-order chi connectivity index (χ1) is 8.66. The summed E-state index contributed by atoms with van der Waals surface area (Å²) < 4.78 is 18.6. The van der Waals surface area contributed by atoms with Gasteiger partial charge in [-0.15, -0.1) is 0 Å². The zero-order chi connectivity index (χ0) is 13.0. The fraction of sp³-hybridized carbons (Fsp3) is 0.167. The van der Waals surface area contributed by atoms with E-state index >= 15 is 0 Å². The molecular weight excluding hydrogens is 257 g/mol. The molecule has 0 aliphatic rings. The fourth-order valence-electron chi connectivity index (χ4n) is 1.45. The van der Waals surface area contributed by atoms with Gasteiger partial charge in [0.2, 0.25) is 5.82 Å². The number of nitrogens with zero attached hydrogens (tertiary/aromatic N) is 1. The van der Waals surface area contributed by atoms with E-state index in [-0.39, 0.29) is 0 Å². The van der Waals surface area contributed by atoms with Gasteiger partial charge in [-0.25, -0.2) is 0 Å². The third-order valence-corrected chi connectivity index (χ3v) is 3.09. The molecule has 2 rings (SSSR count). The smallest absolute Gasteiger partial charge is 0.305 e. The van der Waals surface area contributed by atoms with E-state index in [1.54, 1.807) is 11.3 Å². The van der Waals surface area contributed by atoms with E-state index in [2.05, 4.69) is 0 Å². The van der Waals surface area contributed by atoms with E-state index < -0.39 is 16.4 Å². The average molecular weight is 267 g/mol. The Hall–Kier alpha value is -1.95. The summed E-state index contributed by atoms with van der Waals surface area (Å²) in [7, 11) is 0. The maximum absolute atomic E-state index is 13.3. The minimum atomic E-state index is -0.881. The molecule has 4 nitrogen and oxygen atoms in total. The van der Waals surface area contributed by atoms with Gasteiger partial charge in [0.1, 0.15) is 5.75 Å². The second-order valence-electron chi connectivity index (χ2n) is 3.60. The van der Waals surface area contributed by atoms with Crippen molar-refractivity contribution in [3.05, 3.63) is 56.5 Å². The number of ether oxygens (including phenoxy) is 1. The number of benzene rings is 1. The summed E-state index contributed by atoms with van der Waals surface area (Å²) in [6.45, 7) is 0.411. The molecule has 1 aromatic carbocycles. The molecule has 1 aromatic heterocycles. The van der Waals surface area contributed by atoms with Crippen molar-refractivity contribution in [2.45, 2.75) is 6.42 Å². The number of thiophene rings is 1. The van der Waals surface area contributed by atoms with E-state index in [0.29, 0.717) is 12.4 Å². The Morgan fingerprint density at radius 2 is 2.22 bits per heavy atom. The summed E-state index contributed by atoms with van der Waals surface area (Å²) in [5, 5.41) is 14.4. The van der Waals surface area contributed by atoms with Crippen LogP contribution in [-0.2, 0) is 6.42 Å². The number of halogens is 1. The average Bonchev–Trinajstić information content (AvgIpc) is 2.81. The van der Waals surface area contributed by atoms with Crippen molar-refractivity contribution in [3.63, 3.8) is 0 Å². The van der Waals surface area contributed by atoms with Crippen LogP contribution in [0.5, 0.6) is 5.75 Å². The molecule has 0 saturated heterocycles. The van der Waals surface area contributed by atoms with Gasteiger partial charge in [-0.05, 0) is 28.5 Å². The minimum absolute atomic E-state index is 0.299. The van der Waals surface area contributed by atoms with E-state index in [1.807, 2.05) is 16.8 Å². The van der Waals surface area contributed by atoms with E-state index in [0.717, 1.165) is 24.1 Å². The maximum Gasteiger partial charge on any atom is 0.305 e. The molecule has 94 valence electrons. The molecule has 0 fully saturated rings. The van der Waals surface area contributed by atoms with Crippen LogP contribution in [0.2, 0.25) is 0 Å². The van der Waals surface area contributed by atoms with Crippen molar-refractivity contribution in [1.29, 1.82) is 0 Å². The summed E-state index contributed by atoms with van der Waals surface area (Å²) in [5.74, 6) is -0.582. The normalized spacial score (nSPS) is 10.3. The van der Waals surface area contributed by atoms with Gasteiger partial charge in [-0.3, -0.25) is 10.1 Å². The van der Waals surface area contributed by atoms with Crippen LogP contribution in [0.3, 0.4) is 0 Å². The van der Waals surface area contributed by atoms with Crippen LogP contribution in [0, 0.1) is 15.9 Å². The van der Waals surface area contributed by atoms with Crippen LogP contribution >= 0.6 is 11.3 Å². The molecule has 0 spiro atoms. The summed E-state index contributed by atoms with van der Waals surface area (Å²) in [6.07, 6.45) is 0.724. The van der Waals surface area contributed by atoms with Gasteiger partial charge < -0.3 is 4.74 Å². The molecule has 0 atom stereocenters. The van der Waals surface area contributed by atoms with Crippen molar-refractivity contribution >= 4 is 17.0 Å². The quantitative estimate of drug-likeness (QED) is 0.616. The third kappa shape index (κ3) is 3.04. The van der Waals surface area contributed by atoms with Crippen LogP contribution in [0.4, 0.5) is 10.1 Å². The lowest BCUT2D eigenvalue weighted by atomic mass is 10.2. The Bertz CT molecular complexity index is 542. The molecule has 1 heterocycles. The summed E-state index contributed by atoms with van der Waals surface area (Å²) in [6, 6.07) is 5.53. The Kier molecular flexibility index (Phi) is 3.88. The molecule has 6 heteroatoms. The van der Waals surface area contributed by atoms with Crippen molar-refractivity contribution in [3.8, 4) is 5.75 Å². The monoisotopic (exact) mass is 267 g/mol. The molecule has 0 amide bonds. The predicted molar refractivity (Wildman–Crippen MR) is 66.6 cm³/mol. The Labute approximate surface area is 107 Å². The Morgan fingerprint density at radius 1 is 1.39 bits per heavy atom. The molecule has 0 saturated carbocycles. The molecular formula is C12H10FNO3S. The highest BCUT2D eigenvalue weighted by Gasteiger charge is 2.14.